The van der Waals surface area contributed by atoms with Gasteiger partial charge in [-0.1, -0.05) is 30.7 Å². The van der Waals surface area contributed by atoms with Gasteiger partial charge in [-0.2, -0.15) is 0 Å². The molecule has 0 radical (unpaired) electrons. The Morgan fingerprint density at radius 1 is 1.20 bits per heavy atom. The zero-order chi connectivity index (χ0) is 17.9. The Kier molecular flexibility index (Phi) is 5.34. The number of nitrogens with one attached hydrogen (secondary N) is 2. The predicted molar refractivity (Wildman–Crippen MR) is 101 cm³/mol. The molecule has 1 saturated carbocycles. The molecule has 1 aliphatic heterocycles. The lowest BCUT2D eigenvalue weighted by atomic mass is 9.68. The fourth-order valence-electron chi connectivity index (χ4n) is 3.76. The zero-order valence-corrected chi connectivity index (χ0v) is 15.9. The summed E-state index contributed by atoms with van der Waals surface area (Å²) in [6.45, 7) is 2.89. The van der Waals surface area contributed by atoms with Crippen LogP contribution in [0.5, 0.6) is 0 Å². The number of likely N-dealkylation sites (tertiary alicyclic amines) is 1. The van der Waals surface area contributed by atoms with E-state index in [2.05, 4.69) is 19.9 Å². The van der Waals surface area contributed by atoms with Crippen molar-refractivity contribution in [1.29, 1.82) is 0 Å². The third-order valence-corrected chi connectivity index (χ3v) is 6.84. The van der Waals surface area contributed by atoms with Gasteiger partial charge in [0.15, 0.2) is 5.96 Å². The summed E-state index contributed by atoms with van der Waals surface area (Å²) < 4.78 is 25.5. The Labute approximate surface area is 150 Å². The van der Waals surface area contributed by atoms with E-state index in [-0.39, 0.29) is 5.75 Å². The van der Waals surface area contributed by atoms with Crippen LogP contribution in [-0.2, 0) is 22.3 Å². The van der Waals surface area contributed by atoms with Gasteiger partial charge in [0.2, 0.25) is 10.0 Å². The molecule has 138 valence electrons. The lowest BCUT2D eigenvalue weighted by Gasteiger charge is -2.38. The Morgan fingerprint density at radius 3 is 2.40 bits per heavy atom. The van der Waals surface area contributed by atoms with Gasteiger partial charge in [-0.3, -0.25) is 4.99 Å². The first-order valence-electron chi connectivity index (χ1n) is 8.90. The molecule has 0 amide bonds. The minimum absolute atomic E-state index is 0.00867. The molecule has 2 N–H and O–H groups in total. The molecule has 0 bridgehead atoms. The van der Waals surface area contributed by atoms with Crippen LogP contribution in [0, 0.1) is 5.41 Å². The van der Waals surface area contributed by atoms with Gasteiger partial charge in [0, 0.05) is 26.7 Å². The summed E-state index contributed by atoms with van der Waals surface area (Å²) in [5.74, 6) is 0.972. The summed E-state index contributed by atoms with van der Waals surface area (Å²) in [7, 11) is 0.0433. The molecular formula is C18H28N4O2S. The highest BCUT2D eigenvalue weighted by atomic mass is 32.2. The fourth-order valence-corrected chi connectivity index (χ4v) is 4.53. The van der Waals surface area contributed by atoms with Gasteiger partial charge in [0.1, 0.15) is 0 Å². The molecule has 7 heteroatoms. The number of benzene rings is 1. The number of hydrogen-bond acceptors (Lipinski definition) is 3. The number of rotatable bonds is 5. The van der Waals surface area contributed by atoms with Crippen LogP contribution in [0.4, 0.5) is 0 Å². The lowest BCUT2D eigenvalue weighted by Crippen LogP contribution is -2.42. The fraction of sp³-hybridized carbons (Fsp3) is 0.611. The number of sulfonamides is 1. The average molecular weight is 365 g/mol. The van der Waals surface area contributed by atoms with Crippen LogP contribution in [-0.4, -0.2) is 46.5 Å². The van der Waals surface area contributed by atoms with Crippen molar-refractivity contribution in [3.63, 3.8) is 0 Å². The van der Waals surface area contributed by atoms with Crippen molar-refractivity contribution >= 4 is 16.0 Å². The van der Waals surface area contributed by atoms with E-state index in [1.165, 1.54) is 32.7 Å². The summed E-state index contributed by atoms with van der Waals surface area (Å²) in [6.07, 6.45) is 5.37. The van der Waals surface area contributed by atoms with Crippen LogP contribution in [0.25, 0.3) is 0 Å². The number of hydrogen-bond donors (Lipinski definition) is 2. The van der Waals surface area contributed by atoms with E-state index in [1.54, 1.807) is 0 Å². The van der Waals surface area contributed by atoms with Crippen molar-refractivity contribution in [2.24, 2.45) is 10.4 Å². The van der Waals surface area contributed by atoms with Crippen LogP contribution in [0.2, 0.25) is 0 Å². The molecule has 25 heavy (non-hydrogen) atoms. The summed E-state index contributed by atoms with van der Waals surface area (Å²) in [5, 5.41) is 3.44. The lowest BCUT2D eigenvalue weighted by molar-refractivity contribution is 0.151. The molecule has 2 fully saturated rings. The summed E-state index contributed by atoms with van der Waals surface area (Å²) in [5.41, 5.74) is 2.45. The molecule has 1 aliphatic carbocycles. The van der Waals surface area contributed by atoms with Crippen LogP contribution in [0.3, 0.4) is 0 Å². The van der Waals surface area contributed by atoms with E-state index in [4.69, 9.17) is 0 Å². The third kappa shape index (κ3) is 4.33. The quantitative estimate of drug-likeness (QED) is 0.616. The second-order valence-corrected chi connectivity index (χ2v) is 9.13. The third-order valence-electron chi connectivity index (χ3n) is 5.51. The van der Waals surface area contributed by atoms with Gasteiger partial charge in [0.05, 0.1) is 5.75 Å². The maximum Gasteiger partial charge on any atom is 0.215 e. The number of guanidine groups is 1. The van der Waals surface area contributed by atoms with Crippen LogP contribution >= 0.6 is 0 Å². The van der Waals surface area contributed by atoms with Crippen molar-refractivity contribution in [3.05, 3.63) is 35.4 Å². The molecule has 1 aromatic carbocycles. The molecule has 1 aromatic rings. The van der Waals surface area contributed by atoms with E-state index < -0.39 is 10.0 Å². The van der Waals surface area contributed by atoms with Gasteiger partial charge >= 0.3 is 0 Å². The molecule has 6 nitrogen and oxygen atoms in total. The SMILES string of the molecule is CN=C(NCc1ccc(CS(=O)(=O)NC)cc1)N1CCC2(CCC2)C1. The Bertz CT molecular complexity index is 724. The molecule has 0 atom stereocenters. The van der Waals surface area contributed by atoms with Crippen LogP contribution < -0.4 is 10.0 Å². The van der Waals surface area contributed by atoms with E-state index in [0.29, 0.717) is 12.0 Å². The summed E-state index contributed by atoms with van der Waals surface area (Å²) in [6, 6.07) is 7.68. The van der Waals surface area contributed by atoms with E-state index >= 15 is 0 Å². The smallest absolute Gasteiger partial charge is 0.215 e. The Hall–Kier alpha value is -1.60. The van der Waals surface area contributed by atoms with Crippen molar-refractivity contribution in [2.45, 2.75) is 38.0 Å². The van der Waals surface area contributed by atoms with Crippen molar-refractivity contribution in [1.82, 2.24) is 14.9 Å². The number of aliphatic imine (C=N–C) groups is 1. The maximum atomic E-state index is 11.6. The second-order valence-electron chi connectivity index (χ2n) is 7.21. The first kappa shape index (κ1) is 18.2. The number of nitrogens with zero attached hydrogens (tertiary/aromatic N) is 2. The highest BCUT2D eigenvalue weighted by Crippen LogP contribution is 2.47. The molecule has 1 heterocycles. The van der Waals surface area contributed by atoms with E-state index in [1.807, 2.05) is 31.3 Å². The Balaban J connectivity index is 1.54. The normalized spacial score (nSPS) is 19.9. The second kappa shape index (κ2) is 7.33. The summed E-state index contributed by atoms with van der Waals surface area (Å²) in [4.78, 5) is 6.80. The highest BCUT2D eigenvalue weighted by Gasteiger charge is 2.43. The van der Waals surface area contributed by atoms with Gasteiger partial charge < -0.3 is 10.2 Å². The molecule has 0 unspecified atom stereocenters. The zero-order valence-electron chi connectivity index (χ0n) is 15.1. The van der Waals surface area contributed by atoms with E-state index in [9.17, 15) is 8.42 Å². The Morgan fingerprint density at radius 2 is 1.88 bits per heavy atom. The molecule has 2 aliphatic rings. The minimum Gasteiger partial charge on any atom is -0.352 e. The monoisotopic (exact) mass is 364 g/mol. The molecule has 1 spiro atoms. The molecular weight excluding hydrogens is 336 g/mol. The van der Waals surface area contributed by atoms with Crippen molar-refractivity contribution in [2.75, 3.05) is 27.2 Å². The van der Waals surface area contributed by atoms with Crippen LogP contribution in [0.15, 0.2) is 29.3 Å². The van der Waals surface area contributed by atoms with Crippen molar-refractivity contribution < 1.29 is 8.42 Å². The predicted octanol–water partition coefficient (Wildman–Crippen LogP) is 1.69. The van der Waals surface area contributed by atoms with Gasteiger partial charge in [0.25, 0.3) is 0 Å². The van der Waals surface area contributed by atoms with Crippen molar-refractivity contribution in [3.8, 4) is 0 Å². The molecule has 1 saturated heterocycles. The summed E-state index contributed by atoms with van der Waals surface area (Å²) >= 11 is 0. The van der Waals surface area contributed by atoms with Crippen LogP contribution in [0.1, 0.15) is 36.8 Å². The highest BCUT2D eigenvalue weighted by molar-refractivity contribution is 7.88. The average Bonchev–Trinajstić information content (AvgIpc) is 3.03. The standard InChI is InChI=1S/C18H28N4O2S/c1-19-17(22-11-10-18(14-22)8-3-9-18)21-12-15-4-6-16(7-5-15)13-25(23,24)20-2/h4-7,20H,3,8-14H2,1-2H3,(H,19,21). The maximum absolute atomic E-state index is 11.6. The first-order valence-corrected chi connectivity index (χ1v) is 10.6. The van der Waals surface area contributed by atoms with Gasteiger partial charge in [-0.05, 0) is 42.9 Å². The first-order chi connectivity index (χ1) is 12.0. The van der Waals surface area contributed by atoms with Gasteiger partial charge in [-0.15, -0.1) is 0 Å². The minimum atomic E-state index is -3.23. The topological polar surface area (TPSA) is 73.8 Å². The van der Waals surface area contributed by atoms with E-state index in [0.717, 1.165) is 30.2 Å². The largest absolute Gasteiger partial charge is 0.352 e. The molecule has 0 aromatic heterocycles. The van der Waals surface area contributed by atoms with Gasteiger partial charge in [-0.25, -0.2) is 13.1 Å². The molecule has 3 rings (SSSR count).